The molecule has 72 valence electrons. The molecule has 0 bridgehead atoms. The summed E-state index contributed by atoms with van der Waals surface area (Å²) in [5, 5.41) is 10.8. The van der Waals surface area contributed by atoms with Crippen LogP contribution in [0.5, 0.6) is 0 Å². The topological polar surface area (TPSA) is 53.6 Å². The fourth-order valence-electron chi connectivity index (χ4n) is 2.04. The number of aromatic nitrogens is 3. The second-order valence-corrected chi connectivity index (χ2v) is 3.66. The van der Waals surface area contributed by atoms with Crippen LogP contribution in [0.25, 0.3) is 11.0 Å². The highest BCUT2D eigenvalue weighted by Gasteiger charge is 2.20. The molecule has 0 aromatic carbocycles. The van der Waals surface area contributed by atoms with E-state index in [0.717, 1.165) is 23.3 Å². The van der Waals surface area contributed by atoms with Crippen LogP contribution < -0.4 is 5.32 Å². The number of nitrogens with zero attached hydrogens (tertiary/aromatic N) is 2. The van der Waals surface area contributed by atoms with Crippen LogP contribution in [0.2, 0.25) is 0 Å². The first-order chi connectivity index (χ1) is 6.95. The molecule has 0 amide bonds. The summed E-state index contributed by atoms with van der Waals surface area (Å²) in [5.74, 6) is 0. The zero-order chi connectivity index (χ0) is 9.38. The fraction of sp³-hybridized carbons (Fsp3) is 0.400. The summed E-state index contributed by atoms with van der Waals surface area (Å²) >= 11 is 0. The third-order valence-electron chi connectivity index (χ3n) is 2.75. The molecule has 3 heterocycles. The van der Waals surface area contributed by atoms with E-state index in [2.05, 4.69) is 20.5 Å². The molecule has 0 aliphatic carbocycles. The Morgan fingerprint density at radius 3 is 3.29 bits per heavy atom. The van der Waals surface area contributed by atoms with Crippen molar-refractivity contribution in [3.63, 3.8) is 0 Å². The third kappa shape index (κ3) is 1.11. The van der Waals surface area contributed by atoms with Gasteiger partial charge in [-0.1, -0.05) is 0 Å². The summed E-state index contributed by atoms with van der Waals surface area (Å²) in [6.07, 6.45) is 4.22. The Bertz CT molecular complexity index is 442. The van der Waals surface area contributed by atoms with Gasteiger partial charge in [0.1, 0.15) is 11.0 Å². The number of nitrogens with one attached hydrogen (secondary N) is 2. The zero-order valence-electron chi connectivity index (χ0n) is 7.83. The largest absolute Gasteiger partial charge is 0.309 e. The molecule has 1 aliphatic heterocycles. The van der Waals surface area contributed by atoms with Crippen molar-refractivity contribution in [2.75, 3.05) is 6.54 Å². The minimum absolute atomic E-state index is 0.412. The Kier molecular flexibility index (Phi) is 1.73. The molecule has 1 saturated heterocycles. The molecule has 0 saturated carbocycles. The summed E-state index contributed by atoms with van der Waals surface area (Å²) in [6.45, 7) is 1.10. The van der Waals surface area contributed by atoms with Gasteiger partial charge in [0.25, 0.3) is 0 Å². The van der Waals surface area contributed by atoms with E-state index in [4.69, 9.17) is 0 Å². The summed E-state index contributed by atoms with van der Waals surface area (Å²) in [7, 11) is 0. The molecule has 1 aliphatic rings. The van der Waals surface area contributed by atoms with Gasteiger partial charge in [-0.3, -0.25) is 10.1 Å². The van der Waals surface area contributed by atoms with Crippen molar-refractivity contribution in [2.45, 2.75) is 18.9 Å². The lowest BCUT2D eigenvalue weighted by atomic mass is 10.1. The summed E-state index contributed by atoms with van der Waals surface area (Å²) in [5.41, 5.74) is 3.10. The predicted octanol–water partition coefficient (Wildman–Crippen LogP) is 1.38. The minimum Gasteiger partial charge on any atom is -0.309 e. The van der Waals surface area contributed by atoms with E-state index >= 15 is 0 Å². The number of hydrogen-bond donors (Lipinski definition) is 2. The lowest BCUT2D eigenvalue weighted by molar-refractivity contribution is 0.628. The van der Waals surface area contributed by atoms with E-state index in [1.807, 2.05) is 18.3 Å². The van der Waals surface area contributed by atoms with Crippen LogP contribution in [0.3, 0.4) is 0 Å². The number of aromatic amines is 1. The highest BCUT2D eigenvalue weighted by atomic mass is 15.2. The zero-order valence-corrected chi connectivity index (χ0v) is 7.83. The second kappa shape index (κ2) is 3.06. The van der Waals surface area contributed by atoms with Gasteiger partial charge >= 0.3 is 0 Å². The molecule has 2 aromatic rings. The SMILES string of the molecule is c1cnc2c(C3CCCN3)[nH]nc2c1. The maximum atomic E-state index is 4.35. The van der Waals surface area contributed by atoms with Crippen LogP contribution in [-0.4, -0.2) is 21.7 Å². The van der Waals surface area contributed by atoms with Gasteiger partial charge in [-0.15, -0.1) is 0 Å². The molecular weight excluding hydrogens is 176 g/mol. The summed E-state index contributed by atoms with van der Waals surface area (Å²) < 4.78 is 0. The van der Waals surface area contributed by atoms with Crippen LogP contribution in [-0.2, 0) is 0 Å². The number of rotatable bonds is 1. The summed E-state index contributed by atoms with van der Waals surface area (Å²) in [6, 6.07) is 4.31. The van der Waals surface area contributed by atoms with Crippen molar-refractivity contribution in [1.82, 2.24) is 20.5 Å². The number of H-pyrrole nitrogens is 1. The Labute approximate surface area is 81.7 Å². The van der Waals surface area contributed by atoms with E-state index in [1.165, 1.54) is 12.8 Å². The molecule has 1 fully saturated rings. The van der Waals surface area contributed by atoms with Crippen LogP contribution in [0.4, 0.5) is 0 Å². The highest BCUT2D eigenvalue weighted by molar-refractivity contribution is 5.76. The first-order valence-electron chi connectivity index (χ1n) is 4.97. The van der Waals surface area contributed by atoms with Gasteiger partial charge in [0.15, 0.2) is 0 Å². The lowest BCUT2D eigenvalue weighted by Gasteiger charge is -2.06. The van der Waals surface area contributed by atoms with Crippen LogP contribution in [0.15, 0.2) is 18.3 Å². The Hall–Kier alpha value is -1.42. The van der Waals surface area contributed by atoms with Gasteiger partial charge in [0.2, 0.25) is 0 Å². The number of fused-ring (bicyclic) bond motifs is 1. The fourth-order valence-corrected chi connectivity index (χ4v) is 2.04. The van der Waals surface area contributed by atoms with Crippen molar-refractivity contribution in [2.24, 2.45) is 0 Å². The van der Waals surface area contributed by atoms with E-state index < -0.39 is 0 Å². The van der Waals surface area contributed by atoms with Gasteiger partial charge in [0.05, 0.1) is 11.7 Å². The molecule has 2 N–H and O–H groups in total. The number of pyridine rings is 1. The molecule has 1 unspecified atom stereocenters. The molecule has 1 atom stereocenters. The minimum atomic E-state index is 0.412. The van der Waals surface area contributed by atoms with Crippen molar-refractivity contribution in [3.8, 4) is 0 Å². The average Bonchev–Trinajstić information content (AvgIpc) is 2.85. The van der Waals surface area contributed by atoms with Crippen LogP contribution in [0, 0.1) is 0 Å². The van der Waals surface area contributed by atoms with E-state index in [9.17, 15) is 0 Å². The molecule has 14 heavy (non-hydrogen) atoms. The number of hydrogen-bond acceptors (Lipinski definition) is 3. The maximum absolute atomic E-state index is 4.35. The molecule has 3 rings (SSSR count). The maximum Gasteiger partial charge on any atom is 0.113 e. The Morgan fingerprint density at radius 1 is 1.43 bits per heavy atom. The van der Waals surface area contributed by atoms with E-state index in [0.29, 0.717) is 6.04 Å². The molecule has 0 spiro atoms. The Morgan fingerprint density at radius 2 is 2.43 bits per heavy atom. The normalized spacial score (nSPS) is 21.9. The predicted molar refractivity (Wildman–Crippen MR) is 53.9 cm³/mol. The van der Waals surface area contributed by atoms with Crippen molar-refractivity contribution in [3.05, 3.63) is 24.0 Å². The molecule has 2 aromatic heterocycles. The van der Waals surface area contributed by atoms with Gasteiger partial charge in [-0.05, 0) is 31.5 Å². The first kappa shape index (κ1) is 7.94. The monoisotopic (exact) mass is 188 g/mol. The molecule has 4 heteroatoms. The van der Waals surface area contributed by atoms with Gasteiger partial charge in [0, 0.05) is 6.20 Å². The molecule has 0 radical (unpaired) electrons. The quantitative estimate of drug-likeness (QED) is 0.711. The van der Waals surface area contributed by atoms with Crippen molar-refractivity contribution in [1.29, 1.82) is 0 Å². The lowest BCUT2D eigenvalue weighted by Crippen LogP contribution is -2.13. The molecule has 4 nitrogen and oxygen atoms in total. The van der Waals surface area contributed by atoms with Crippen molar-refractivity contribution < 1.29 is 0 Å². The third-order valence-corrected chi connectivity index (χ3v) is 2.75. The molecular formula is C10H12N4. The average molecular weight is 188 g/mol. The van der Waals surface area contributed by atoms with Gasteiger partial charge in [-0.25, -0.2) is 0 Å². The van der Waals surface area contributed by atoms with Gasteiger partial charge < -0.3 is 5.32 Å². The van der Waals surface area contributed by atoms with Crippen LogP contribution in [0.1, 0.15) is 24.6 Å². The highest BCUT2D eigenvalue weighted by Crippen LogP contribution is 2.25. The summed E-state index contributed by atoms with van der Waals surface area (Å²) in [4.78, 5) is 4.35. The van der Waals surface area contributed by atoms with E-state index in [-0.39, 0.29) is 0 Å². The smallest absolute Gasteiger partial charge is 0.113 e. The Balaban J connectivity index is 2.11. The van der Waals surface area contributed by atoms with E-state index in [1.54, 1.807) is 0 Å². The van der Waals surface area contributed by atoms with Crippen molar-refractivity contribution >= 4 is 11.0 Å². The second-order valence-electron chi connectivity index (χ2n) is 3.66. The first-order valence-corrected chi connectivity index (χ1v) is 4.97. The standard InChI is InChI=1S/C10H12N4/c1-3-7(11-5-1)10-9-8(13-14-10)4-2-6-12-9/h2,4,6-7,11H,1,3,5H2,(H,13,14). The van der Waals surface area contributed by atoms with Gasteiger partial charge in [-0.2, -0.15) is 5.10 Å². The van der Waals surface area contributed by atoms with Crippen LogP contribution >= 0.6 is 0 Å².